The summed E-state index contributed by atoms with van der Waals surface area (Å²) in [5.41, 5.74) is 2.26. The first-order chi connectivity index (χ1) is 12.9. The molecule has 0 saturated heterocycles. The number of carbonyl (C=O) groups excluding carboxylic acids is 2. The van der Waals surface area contributed by atoms with Crippen LogP contribution >= 0.6 is 0 Å². The average molecular weight is 389 g/mol. The Morgan fingerprint density at radius 2 is 1.78 bits per heavy atom. The summed E-state index contributed by atoms with van der Waals surface area (Å²) in [6.45, 7) is -0.465. The van der Waals surface area contributed by atoms with Crippen molar-refractivity contribution in [2.24, 2.45) is 0 Å². The molecular formula is C17H15N3O6S. The molecule has 0 fully saturated rings. The molecule has 1 amide bonds. The van der Waals surface area contributed by atoms with E-state index in [2.05, 4.69) is 4.74 Å². The fourth-order valence-corrected chi connectivity index (χ4v) is 3.03. The van der Waals surface area contributed by atoms with Crippen LogP contribution in [0.25, 0.3) is 0 Å². The van der Waals surface area contributed by atoms with Crippen molar-refractivity contribution in [1.29, 1.82) is 5.26 Å². The lowest BCUT2D eigenvalue weighted by molar-refractivity contribution is -0.123. The van der Waals surface area contributed by atoms with E-state index >= 15 is 0 Å². The highest BCUT2D eigenvalue weighted by atomic mass is 32.2. The van der Waals surface area contributed by atoms with Crippen molar-refractivity contribution in [3.8, 4) is 11.8 Å². The molecule has 9 nitrogen and oxygen atoms in total. The van der Waals surface area contributed by atoms with Gasteiger partial charge in [0.05, 0.1) is 29.2 Å². The van der Waals surface area contributed by atoms with Gasteiger partial charge in [0.2, 0.25) is 0 Å². The molecule has 0 bridgehead atoms. The van der Waals surface area contributed by atoms with Crippen LogP contribution in [0.4, 0.5) is 0 Å². The minimum Gasteiger partial charge on any atom is -0.484 e. The standard InChI is InChI=1S/C17H15N3O6S/c1-25-17(22)14-4-2-3-5-15(14)27(23,24)20-19-16(21)11-26-13-8-6-12(10-18)7-9-13/h2-9,20H,11H2,1H3,(H,19,21). The van der Waals surface area contributed by atoms with Crippen LogP contribution in [0.15, 0.2) is 53.4 Å². The van der Waals surface area contributed by atoms with Crippen LogP contribution in [0.2, 0.25) is 0 Å². The number of benzene rings is 2. The molecule has 0 unspecified atom stereocenters. The Labute approximate surface area is 155 Å². The van der Waals surface area contributed by atoms with E-state index in [1.807, 2.05) is 16.3 Å². The van der Waals surface area contributed by atoms with Gasteiger partial charge in [-0.25, -0.2) is 13.2 Å². The van der Waals surface area contributed by atoms with Gasteiger partial charge in [0.15, 0.2) is 6.61 Å². The first kappa shape index (κ1) is 19.9. The number of amides is 1. The first-order valence-electron chi connectivity index (χ1n) is 7.48. The topological polar surface area (TPSA) is 135 Å². The lowest BCUT2D eigenvalue weighted by Crippen LogP contribution is -2.44. The van der Waals surface area contributed by atoms with Crippen molar-refractivity contribution in [1.82, 2.24) is 10.3 Å². The number of hydrogen-bond donors (Lipinski definition) is 2. The number of nitrogens with one attached hydrogen (secondary N) is 2. The van der Waals surface area contributed by atoms with Crippen LogP contribution < -0.4 is 15.0 Å². The van der Waals surface area contributed by atoms with Gasteiger partial charge in [-0.2, -0.15) is 5.26 Å². The molecular weight excluding hydrogens is 374 g/mol. The van der Waals surface area contributed by atoms with E-state index in [-0.39, 0.29) is 10.5 Å². The second-order valence-corrected chi connectivity index (χ2v) is 6.72. The summed E-state index contributed by atoms with van der Waals surface area (Å²) in [5.74, 6) is -1.26. The monoisotopic (exact) mass is 389 g/mol. The highest BCUT2D eigenvalue weighted by Crippen LogP contribution is 2.16. The predicted octanol–water partition coefficient (Wildman–Crippen LogP) is 0.733. The Morgan fingerprint density at radius 1 is 1.11 bits per heavy atom. The number of hydrazine groups is 1. The maximum absolute atomic E-state index is 12.3. The normalized spacial score (nSPS) is 10.5. The maximum atomic E-state index is 12.3. The van der Waals surface area contributed by atoms with E-state index in [0.29, 0.717) is 11.3 Å². The average Bonchev–Trinajstić information content (AvgIpc) is 2.70. The second-order valence-electron chi connectivity index (χ2n) is 5.07. The second kappa shape index (κ2) is 8.79. The smallest absolute Gasteiger partial charge is 0.339 e. The van der Waals surface area contributed by atoms with Crippen LogP contribution in [0.5, 0.6) is 5.75 Å². The molecule has 2 aromatic carbocycles. The molecule has 0 spiro atoms. The Morgan fingerprint density at radius 3 is 2.41 bits per heavy atom. The molecule has 0 radical (unpaired) electrons. The Hall–Kier alpha value is -3.42. The molecule has 10 heteroatoms. The van der Waals surface area contributed by atoms with Crippen LogP contribution in [-0.4, -0.2) is 34.0 Å². The lowest BCUT2D eigenvalue weighted by Gasteiger charge is -2.11. The van der Waals surface area contributed by atoms with E-state index in [1.54, 1.807) is 0 Å². The van der Waals surface area contributed by atoms with Crippen LogP contribution in [0.3, 0.4) is 0 Å². The van der Waals surface area contributed by atoms with Crippen LogP contribution in [0, 0.1) is 11.3 Å². The van der Waals surface area contributed by atoms with Crippen LogP contribution in [0.1, 0.15) is 15.9 Å². The van der Waals surface area contributed by atoms with Gasteiger partial charge < -0.3 is 9.47 Å². The van der Waals surface area contributed by atoms with E-state index in [0.717, 1.165) is 7.11 Å². The minimum absolute atomic E-state index is 0.171. The van der Waals surface area contributed by atoms with E-state index in [4.69, 9.17) is 10.00 Å². The molecule has 0 aliphatic rings. The molecule has 0 aromatic heterocycles. The molecule has 0 heterocycles. The molecule has 0 aliphatic carbocycles. The third-order valence-electron chi connectivity index (χ3n) is 3.26. The molecule has 0 saturated carbocycles. The SMILES string of the molecule is COC(=O)c1ccccc1S(=O)(=O)NNC(=O)COc1ccc(C#N)cc1. The number of rotatable bonds is 7. The van der Waals surface area contributed by atoms with Gasteiger partial charge in [0.25, 0.3) is 15.9 Å². The summed E-state index contributed by atoms with van der Waals surface area (Å²) in [7, 11) is -3.08. The Bertz CT molecular complexity index is 980. The Kier molecular flexibility index (Phi) is 6.48. The third kappa shape index (κ3) is 5.27. The number of methoxy groups -OCH3 is 1. The predicted molar refractivity (Wildman–Crippen MR) is 92.9 cm³/mol. The fourth-order valence-electron chi connectivity index (χ4n) is 1.97. The molecule has 27 heavy (non-hydrogen) atoms. The summed E-state index contributed by atoms with van der Waals surface area (Å²) in [6.07, 6.45) is 0. The maximum Gasteiger partial charge on any atom is 0.339 e. The number of ether oxygens (including phenoxy) is 2. The highest BCUT2D eigenvalue weighted by molar-refractivity contribution is 7.89. The molecule has 0 atom stereocenters. The fraction of sp³-hybridized carbons (Fsp3) is 0.118. The number of sulfonamides is 1. The van der Waals surface area contributed by atoms with Crippen molar-refractivity contribution < 1.29 is 27.5 Å². The zero-order chi connectivity index (χ0) is 19.9. The third-order valence-corrected chi connectivity index (χ3v) is 4.57. The number of esters is 1. The van der Waals surface area contributed by atoms with Crippen molar-refractivity contribution in [3.05, 3.63) is 59.7 Å². The van der Waals surface area contributed by atoms with E-state index < -0.39 is 28.5 Å². The van der Waals surface area contributed by atoms with Gasteiger partial charge in [-0.3, -0.25) is 10.2 Å². The van der Waals surface area contributed by atoms with E-state index in [1.165, 1.54) is 48.5 Å². The van der Waals surface area contributed by atoms with Crippen molar-refractivity contribution in [2.45, 2.75) is 4.90 Å². The van der Waals surface area contributed by atoms with Crippen molar-refractivity contribution >= 4 is 21.9 Å². The number of nitriles is 1. The summed E-state index contributed by atoms with van der Waals surface area (Å²) >= 11 is 0. The van der Waals surface area contributed by atoms with E-state index in [9.17, 15) is 18.0 Å². The molecule has 2 N–H and O–H groups in total. The zero-order valence-electron chi connectivity index (χ0n) is 14.1. The quantitative estimate of drug-likeness (QED) is 0.526. The summed E-state index contributed by atoms with van der Waals surface area (Å²) in [4.78, 5) is 25.0. The first-order valence-corrected chi connectivity index (χ1v) is 8.96. The summed E-state index contributed by atoms with van der Waals surface area (Å²) < 4.78 is 34.4. The van der Waals surface area contributed by atoms with Crippen molar-refractivity contribution in [3.63, 3.8) is 0 Å². The Balaban J connectivity index is 1.97. The van der Waals surface area contributed by atoms with Gasteiger partial charge in [-0.1, -0.05) is 12.1 Å². The number of carbonyl (C=O) groups is 2. The van der Waals surface area contributed by atoms with Gasteiger partial charge in [0.1, 0.15) is 5.75 Å². The molecule has 140 valence electrons. The molecule has 2 aromatic rings. The zero-order valence-corrected chi connectivity index (χ0v) is 14.9. The van der Waals surface area contributed by atoms with Gasteiger partial charge in [0, 0.05) is 0 Å². The largest absolute Gasteiger partial charge is 0.484 e. The van der Waals surface area contributed by atoms with Crippen molar-refractivity contribution in [2.75, 3.05) is 13.7 Å². The molecule has 0 aliphatic heterocycles. The number of hydrogen-bond acceptors (Lipinski definition) is 7. The summed E-state index contributed by atoms with van der Waals surface area (Å²) in [6, 6.07) is 13.4. The number of nitrogens with zero attached hydrogens (tertiary/aromatic N) is 1. The van der Waals surface area contributed by atoms with Gasteiger partial charge >= 0.3 is 5.97 Å². The highest BCUT2D eigenvalue weighted by Gasteiger charge is 2.23. The van der Waals surface area contributed by atoms with Gasteiger partial charge in [-0.05, 0) is 36.4 Å². The van der Waals surface area contributed by atoms with Crippen LogP contribution in [-0.2, 0) is 19.6 Å². The summed E-state index contributed by atoms with van der Waals surface area (Å²) in [5, 5.41) is 8.71. The van der Waals surface area contributed by atoms with Gasteiger partial charge in [-0.15, -0.1) is 4.83 Å². The molecule has 2 rings (SSSR count). The minimum atomic E-state index is -4.21. The lowest BCUT2D eigenvalue weighted by atomic mass is 10.2.